The number of rotatable bonds is 5. The van der Waals surface area contributed by atoms with Gasteiger partial charge in [0, 0.05) is 12.2 Å². The number of aromatic nitrogens is 2. The predicted molar refractivity (Wildman–Crippen MR) is 77.1 cm³/mol. The first kappa shape index (κ1) is 14.1. The van der Waals surface area contributed by atoms with Crippen LogP contribution in [-0.2, 0) is 6.42 Å². The summed E-state index contributed by atoms with van der Waals surface area (Å²) in [6.07, 6.45) is 0.763. The number of aryl methyl sites for hydroxylation is 2. The molecule has 1 amide bonds. The van der Waals surface area contributed by atoms with Crippen molar-refractivity contribution in [3.63, 3.8) is 0 Å². The number of benzene rings is 1. The lowest BCUT2D eigenvalue weighted by atomic mass is 10.1. The Morgan fingerprint density at radius 2 is 2.20 bits per heavy atom. The molecule has 1 aromatic heterocycles. The molecule has 2 N–H and O–H groups in total. The fourth-order valence-corrected chi connectivity index (χ4v) is 2.12. The Labute approximate surface area is 118 Å². The molecule has 0 atom stereocenters. The van der Waals surface area contributed by atoms with Gasteiger partial charge in [-0.05, 0) is 38.0 Å². The number of aromatic amines is 1. The highest BCUT2D eigenvalue weighted by molar-refractivity contribution is 5.96. The number of hydrogen-bond acceptors (Lipinski definition) is 3. The molecule has 0 spiro atoms. The van der Waals surface area contributed by atoms with E-state index in [1.807, 2.05) is 38.1 Å². The first-order chi connectivity index (χ1) is 9.61. The van der Waals surface area contributed by atoms with Gasteiger partial charge in [-0.15, -0.1) is 0 Å². The molecule has 5 nitrogen and oxygen atoms in total. The van der Waals surface area contributed by atoms with E-state index in [1.165, 1.54) is 0 Å². The average molecular weight is 273 g/mol. The molecule has 1 aromatic carbocycles. The topological polar surface area (TPSA) is 67.0 Å². The standard InChI is InChI=1S/C15H19N3O2/c1-10-14(11(2)18-17-10)15(19)16-8-7-12-5-4-6-13(9-12)20-3/h4-6,9H,7-8H2,1-3H3,(H,16,19)(H,17,18). The second-order valence-corrected chi connectivity index (χ2v) is 4.67. The van der Waals surface area contributed by atoms with Crippen LogP contribution in [0.25, 0.3) is 0 Å². The van der Waals surface area contributed by atoms with Gasteiger partial charge in [0.25, 0.3) is 5.91 Å². The molecule has 0 unspecified atom stereocenters. The molecule has 0 bridgehead atoms. The predicted octanol–water partition coefficient (Wildman–Crippen LogP) is 2.01. The number of ether oxygens (including phenoxy) is 1. The van der Waals surface area contributed by atoms with E-state index in [9.17, 15) is 4.79 Å². The molecule has 1 heterocycles. The van der Waals surface area contributed by atoms with Crippen LogP contribution in [0.1, 0.15) is 27.3 Å². The smallest absolute Gasteiger partial charge is 0.255 e. The summed E-state index contributed by atoms with van der Waals surface area (Å²) in [5.41, 5.74) is 3.28. The number of methoxy groups -OCH3 is 1. The number of H-pyrrole nitrogens is 1. The second kappa shape index (κ2) is 6.23. The second-order valence-electron chi connectivity index (χ2n) is 4.67. The van der Waals surface area contributed by atoms with E-state index < -0.39 is 0 Å². The first-order valence-corrected chi connectivity index (χ1v) is 6.54. The molecular formula is C15H19N3O2. The summed E-state index contributed by atoms with van der Waals surface area (Å²) >= 11 is 0. The molecule has 0 aliphatic rings. The molecule has 0 saturated heterocycles. The SMILES string of the molecule is COc1cccc(CCNC(=O)c2c(C)n[nH]c2C)c1. The molecule has 0 saturated carbocycles. The summed E-state index contributed by atoms with van der Waals surface area (Å²) in [6.45, 7) is 4.24. The Bertz CT molecular complexity index is 585. The van der Waals surface area contributed by atoms with Crippen molar-refractivity contribution in [3.05, 3.63) is 46.8 Å². The molecule has 0 aliphatic heterocycles. The number of amides is 1. The lowest BCUT2D eigenvalue weighted by molar-refractivity contribution is 0.0953. The summed E-state index contributed by atoms with van der Waals surface area (Å²) in [5.74, 6) is 0.743. The molecule has 20 heavy (non-hydrogen) atoms. The summed E-state index contributed by atoms with van der Waals surface area (Å²) in [4.78, 5) is 12.1. The number of nitrogens with zero attached hydrogens (tertiary/aromatic N) is 1. The van der Waals surface area contributed by atoms with Crippen LogP contribution in [0.2, 0.25) is 0 Å². The van der Waals surface area contributed by atoms with E-state index in [1.54, 1.807) is 7.11 Å². The molecule has 5 heteroatoms. The third kappa shape index (κ3) is 3.17. The van der Waals surface area contributed by atoms with Crippen LogP contribution in [0.15, 0.2) is 24.3 Å². The lowest BCUT2D eigenvalue weighted by Gasteiger charge is -2.07. The van der Waals surface area contributed by atoms with Crippen LogP contribution in [0.4, 0.5) is 0 Å². The van der Waals surface area contributed by atoms with Gasteiger partial charge in [0.2, 0.25) is 0 Å². The first-order valence-electron chi connectivity index (χ1n) is 6.54. The Morgan fingerprint density at radius 1 is 1.40 bits per heavy atom. The van der Waals surface area contributed by atoms with E-state index in [0.29, 0.717) is 12.1 Å². The van der Waals surface area contributed by atoms with Gasteiger partial charge in [-0.25, -0.2) is 0 Å². The maximum atomic E-state index is 12.1. The van der Waals surface area contributed by atoms with Crippen molar-refractivity contribution in [2.75, 3.05) is 13.7 Å². The van der Waals surface area contributed by atoms with Crippen molar-refractivity contribution in [1.29, 1.82) is 0 Å². The average Bonchev–Trinajstić information content (AvgIpc) is 2.78. The normalized spacial score (nSPS) is 10.3. The van der Waals surface area contributed by atoms with E-state index in [2.05, 4.69) is 15.5 Å². The van der Waals surface area contributed by atoms with E-state index in [4.69, 9.17) is 4.74 Å². The highest BCUT2D eigenvalue weighted by Gasteiger charge is 2.14. The van der Waals surface area contributed by atoms with E-state index in [0.717, 1.165) is 29.1 Å². The van der Waals surface area contributed by atoms with Gasteiger partial charge in [0.05, 0.1) is 18.4 Å². The van der Waals surface area contributed by atoms with Crippen molar-refractivity contribution in [1.82, 2.24) is 15.5 Å². The monoisotopic (exact) mass is 273 g/mol. The van der Waals surface area contributed by atoms with Crippen molar-refractivity contribution < 1.29 is 9.53 Å². The molecule has 0 radical (unpaired) electrons. The zero-order valence-electron chi connectivity index (χ0n) is 12.0. The Balaban J connectivity index is 1.91. The van der Waals surface area contributed by atoms with Gasteiger partial charge in [-0.1, -0.05) is 12.1 Å². The van der Waals surface area contributed by atoms with Gasteiger partial charge in [-0.2, -0.15) is 5.10 Å². The molecule has 0 aliphatic carbocycles. The maximum Gasteiger partial charge on any atom is 0.255 e. The summed E-state index contributed by atoms with van der Waals surface area (Å²) in [7, 11) is 1.64. The van der Waals surface area contributed by atoms with Crippen molar-refractivity contribution in [2.45, 2.75) is 20.3 Å². The minimum Gasteiger partial charge on any atom is -0.497 e. The summed E-state index contributed by atoms with van der Waals surface area (Å²) < 4.78 is 5.17. The molecule has 2 rings (SSSR count). The minimum atomic E-state index is -0.0864. The van der Waals surface area contributed by atoms with Gasteiger partial charge in [-0.3, -0.25) is 9.89 Å². The zero-order valence-corrected chi connectivity index (χ0v) is 12.0. The minimum absolute atomic E-state index is 0.0864. The van der Waals surface area contributed by atoms with Crippen LogP contribution >= 0.6 is 0 Å². The quantitative estimate of drug-likeness (QED) is 0.875. The molecule has 106 valence electrons. The highest BCUT2D eigenvalue weighted by Crippen LogP contribution is 2.13. The third-order valence-electron chi connectivity index (χ3n) is 3.19. The number of carbonyl (C=O) groups excluding carboxylic acids is 1. The van der Waals surface area contributed by atoms with Crippen molar-refractivity contribution >= 4 is 5.91 Å². The summed E-state index contributed by atoms with van der Waals surface area (Å²) in [6, 6.07) is 7.84. The van der Waals surface area contributed by atoms with Crippen molar-refractivity contribution in [2.24, 2.45) is 0 Å². The lowest BCUT2D eigenvalue weighted by Crippen LogP contribution is -2.26. The van der Waals surface area contributed by atoms with E-state index in [-0.39, 0.29) is 5.91 Å². The molecule has 2 aromatic rings. The largest absolute Gasteiger partial charge is 0.497 e. The van der Waals surface area contributed by atoms with Gasteiger partial charge < -0.3 is 10.1 Å². The third-order valence-corrected chi connectivity index (χ3v) is 3.19. The van der Waals surface area contributed by atoms with Crippen LogP contribution in [-0.4, -0.2) is 29.8 Å². The fourth-order valence-electron chi connectivity index (χ4n) is 2.12. The van der Waals surface area contributed by atoms with Gasteiger partial charge in [0.1, 0.15) is 5.75 Å². The van der Waals surface area contributed by atoms with Crippen LogP contribution in [0, 0.1) is 13.8 Å². The van der Waals surface area contributed by atoms with Crippen LogP contribution < -0.4 is 10.1 Å². The number of carbonyl (C=O) groups is 1. The van der Waals surface area contributed by atoms with Crippen LogP contribution in [0.5, 0.6) is 5.75 Å². The number of nitrogens with one attached hydrogen (secondary N) is 2. The summed E-state index contributed by atoms with van der Waals surface area (Å²) in [5, 5.41) is 9.75. The molecular weight excluding hydrogens is 254 g/mol. The van der Waals surface area contributed by atoms with Gasteiger partial charge in [0.15, 0.2) is 0 Å². The Kier molecular flexibility index (Phi) is 4.40. The zero-order chi connectivity index (χ0) is 14.5. The molecule has 0 fully saturated rings. The van der Waals surface area contributed by atoms with Crippen molar-refractivity contribution in [3.8, 4) is 5.75 Å². The Hall–Kier alpha value is -2.30. The maximum absolute atomic E-state index is 12.1. The van der Waals surface area contributed by atoms with Gasteiger partial charge >= 0.3 is 0 Å². The Morgan fingerprint density at radius 3 is 2.85 bits per heavy atom. The van der Waals surface area contributed by atoms with E-state index >= 15 is 0 Å². The highest BCUT2D eigenvalue weighted by atomic mass is 16.5. The number of hydrogen-bond donors (Lipinski definition) is 2. The fraction of sp³-hybridized carbons (Fsp3) is 0.333. The van der Waals surface area contributed by atoms with Crippen LogP contribution in [0.3, 0.4) is 0 Å².